The van der Waals surface area contributed by atoms with E-state index in [4.69, 9.17) is 11.6 Å². The third kappa shape index (κ3) is 4.92. The Morgan fingerprint density at radius 1 is 1.06 bits per heavy atom. The number of halogens is 2. The number of para-hydroxylation sites is 1. The first-order chi connectivity index (χ1) is 16.9. The van der Waals surface area contributed by atoms with Crippen LogP contribution in [0.2, 0.25) is 5.02 Å². The molecule has 2 aliphatic rings. The summed E-state index contributed by atoms with van der Waals surface area (Å²) >= 11 is 10.7. The standard InChI is InChI=1S/C26H23BrClN3O3S/c27-18-9-10-21-19(14-18)17(15-30(21)16-24(32)29-11-5-1-2-6-12-29)13-23-25(33)31(26(34)35-23)22-8-4-3-7-20(22)28/h3-4,7-10,13-15H,1-2,5-6,11-12,16H2/b23-13-. The highest BCUT2D eigenvalue weighted by atomic mass is 79.9. The number of nitrogens with zero attached hydrogens (tertiary/aromatic N) is 3. The van der Waals surface area contributed by atoms with Crippen LogP contribution in [-0.4, -0.2) is 39.6 Å². The van der Waals surface area contributed by atoms with E-state index in [2.05, 4.69) is 15.9 Å². The molecule has 180 valence electrons. The van der Waals surface area contributed by atoms with Gasteiger partial charge in [0.05, 0.1) is 15.6 Å². The number of aromatic nitrogens is 1. The first-order valence-electron chi connectivity index (χ1n) is 11.5. The van der Waals surface area contributed by atoms with Gasteiger partial charge < -0.3 is 9.47 Å². The van der Waals surface area contributed by atoms with Gasteiger partial charge in [0.25, 0.3) is 11.1 Å². The number of benzene rings is 2. The van der Waals surface area contributed by atoms with Crippen LogP contribution in [0.25, 0.3) is 17.0 Å². The van der Waals surface area contributed by atoms with Crippen molar-refractivity contribution in [1.82, 2.24) is 9.47 Å². The molecule has 2 fully saturated rings. The van der Waals surface area contributed by atoms with Crippen LogP contribution < -0.4 is 4.90 Å². The van der Waals surface area contributed by atoms with Gasteiger partial charge in [-0.3, -0.25) is 14.4 Å². The van der Waals surface area contributed by atoms with E-state index in [9.17, 15) is 14.4 Å². The Kier molecular flexibility index (Phi) is 7.05. The number of hydrogen-bond acceptors (Lipinski definition) is 4. The Morgan fingerprint density at radius 3 is 2.54 bits per heavy atom. The van der Waals surface area contributed by atoms with E-state index in [0.29, 0.717) is 15.6 Å². The van der Waals surface area contributed by atoms with Crippen molar-refractivity contribution in [2.45, 2.75) is 32.2 Å². The van der Waals surface area contributed by atoms with Gasteiger partial charge >= 0.3 is 0 Å². The minimum atomic E-state index is -0.412. The van der Waals surface area contributed by atoms with E-state index in [1.165, 1.54) is 0 Å². The van der Waals surface area contributed by atoms with Crippen molar-refractivity contribution in [3.8, 4) is 0 Å². The zero-order valence-corrected chi connectivity index (χ0v) is 22.0. The monoisotopic (exact) mass is 571 g/mol. The molecule has 1 aromatic heterocycles. The smallest absolute Gasteiger partial charge is 0.298 e. The Morgan fingerprint density at radius 2 is 1.80 bits per heavy atom. The summed E-state index contributed by atoms with van der Waals surface area (Å²) in [6, 6.07) is 12.6. The van der Waals surface area contributed by atoms with Crippen molar-refractivity contribution >= 4 is 79.0 Å². The first kappa shape index (κ1) is 24.2. The van der Waals surface area contributed by atoms with E-state index in [1.807, 2.05) is 33.9 Å². The molecule has 35 heavy (non-hydrogen) atoms. The van der Waals surface area contributed by atoms with Crippen LogP contribution in [0.5, 0.6) is 0 Å². The molecule has 6 nitrogen and oxygen atoms in total. The molecule has 0 aliphatic carbocycles. The third-order valence-electron chi connectivity index (χ3n) is 6.31. The zero-order chi connectivity index (χ0) is 24.5. The van der Waals surface area contributed by atoms with Crippen LogP contribution in [0, 0.1) is 0 Å². The molecular formula is C26H23BrClN3O3S. The summed E-state index contributed by atoms with van der Waals surface area (Å²) in [5.41, 5.74) is 2.04. The number of rotatable bonds is 4. The number of carbonyl (C=O) groups excluding carboxylic acids is 3. The summed E-state index contributed by atoms with van der Waals surface area (Å²) in [5.74, 6) is -0.318. The molecule has 0 N–H and O–H groups in total. The quantitative estimate of drug-likeness (QED) is 0.326. The molecule has 0 unspecified atom stereocenters. The maximum atomic E-state index is 13.2. The molecular weight excluding hydrogens is 550 g/mol. The van der Waals surface area contributed by atoms with Crippen molar-refractivity contribution in [1.29, 1.82) is 0 Å². The van der Waals surface area contributed by atoms with Crippen molar-refractivity contribution in [3.63, 3.8) is 0 Å². The van der Waals surface area contributed by atoms with Gasteiger partial charge in [-0.1, -0.05) is 52.5 Å². The Balaban J connectivity index is 1.48. The fourth-order valence-corrected chi connectivity index (χ4v) is 5.96. The fourth-order valence-electron chi connectivity index (χ4n) is 4.56. The van der Waals surface area contributed by atoms with E-state index >= 15 is 0 Å². The molecule has 0 atom stereocenters. The molecule has 0 radical (unpaired) electrons. The van der Waals surface area contributed by atoms with Gasteiger partial charge in [-0.25, -0.2) is 4.90 Å². The molecule has 2 aromatic carbocycles. The topological polar surface area (TPSA) is 62.6 Å². The second-order valence-corrected chi connectivity index (χ2v) is 11.0. The van der Waals surface area contributed by atoms with Gasteiger partial charge in [-0.15, -0.1) is 0 Å². The lowest BCUT2D eigenvalue weighted by Gasteiger charge is -2.20. The molecule has 0 spiro atoms. The van der Waals surface area contributed by atoms with Crippen LogP contribution in [0.1, 0.15) is 31.2 Å². The minimum Gasteiger partial charge on any atom is -0.341 e. The van der Waals surface area contributed by atoms with Crippen LogP contribution in [0.4, 0.5) is 10.5 Å². The number of likely N-dealkylation sites (tertiary alicyclic amines) is 1. The van der Waals surface area contributed by atoms with Gasteiger partial charge in [0.15, 0.2) is 0 Å². The largest absolute Gasteiger partial charge is 0.341 e. The van der Waals surface area contributed by atoms with Gasteiger partial charge in [0.1, 0.15) is 6.54 Å². The molecule has 9 heteroatoms. The van der Waals surface area contributed by atoms with Crippen molar-refractivity contribution in [3.05, 3.63) is 68.6 Å². The van der Waals surface area contributed by atoms with Gasteiger partial charge in [-0.05, 0) is 61.0 Å². The van der Waals surface area contributed by atoms with Crippen molar-refractivity contribution < 1.29 is 14.4 Å². The molecule has 3 amide bonds. The van der Waals surface area contributed by atoms with Crippen molar-refractivity contribution in [2.75, 3.05) is 18.0 Å². The maximum Gasteiger partial charge on any atom is 0.298 e. The first-order valence-corrected chi connectivity index (χ1v) is 13.5. The molecule has 3 aromatic rings. The number of hydrogen-bond donors (Lipinski definition) is 0. The SMILES string of the molecule is O=C(Cn1cc(/C=C2\SC(=O)N(c3ccccc3Cl)C2=O)c2cc(Br)ccc21)N1CCCCCC1. The van der Waals surface area contributed by atoms with Crippen LogP contribution in [0.3, 0.4) is 0 Å². The van der Waals surface area contributed by atoms with E-state index < -0.39 is 11.1 Å². The van der Waals surface area contributed by atoms with Crippen LogP contribution >= 0.6 is 39.3 Å². The van der Waals surface area contributed by atoms with Gasteiger partial charge in [0.2, 0.25) is 5.91 Å². The molecule has 2 saturated heterocycles. The highest BCUT2D eigenvalue weighted by molar-refractivity contribution is 9.10. The molecule has 5 rings (SSSR count). The Bertz CT molecular complexity index is 1360. The normalized spacial score (nSPS) is 18.1. The average molecular weight is 573 g/mol. The molecule has 0 bridgehead atoms. The van der Waals surface area contributed by atoms with E-state index in [0.717, 1.165) is 76.4 Å². The predicted octanol–water partition coefficient (Wildman–Crippen LogP) is 6.70. The summed E-state index contributed by atoms with van der Waals surface area (Å²) in [6.45, 7) is 1.82. The zero-order valence-electron chi connectivity index (χ0n) is 18.9. The Labute approximate surface area is 221 Å². The summed E-state index contributed by atoms with van der Waals surface area (Å²) in [4.78, 5) is 42.3. The molecule has 3 heterocycles. The predicted molar refractivity (Wildman–Crippen MR) is 145 cm³/mol. The lowest BCUT2D eigenvalue weighted by atomic mass is 10.1. The Hall–Kier alpha value is -2.55. The van der Waals surface area contributed by atoms with E-state index in [-0.39, 0.29) is 12.5 Å². The summed E-state index contributed by atoms with van der Waals surface area (Å²) in [5, 5.41) is 0.840. The minimum absolute atomic E-state index is 0.0947. The molecule has 2 aliphatic heterocycles. The number of carbonyl (C=O) groups is 3. The number of amides is 3. The van der Waals surface area contributed by atoms with Gasteiger partial charge in [-0.2, -0.15) is 0 Å². The van der Waals surface area contributed by atoms with Gasteiger partial charge in [0, 0.05) is 40.2 Å². The van der Waals surface area contributed by atoms with E-state index in [1.54, 1.807) is 30.3 Å². The lowest BCUT2D eigenvalue weighted by molar-refractivity contribution is -0.131. The molecule has 0 saturated carbocycles. The highest BCUT2D eigenvalue weighted by Gasteiger charge is 2.37. The van der Waals surface area contributed by atoms with Crippen LogP contribution in [-0.2, 0) is 16.1 Å². The number of imide groups is 1. The fraction of sp³-hybridized carbons (Fsp3) is 0.269. The summed E-state index contributed by atoms with van der Waals surface area (Å²) < 4.78 is 2.82. The lowest BCUT2D eigenvalue weighted by Crippen LogP contribution is -2.34. The maximum absolute atomic E-state index is 13.2. The highest BCUT2D eigenvalue weighted by Crippen LogP contribution is 2.39. The second kappa shape index (κ2) is 10.2. The summed E-state index contributed by atoms with van der Waals surface area (Å²) in [6.07, 6.45) is 8.02. The second-order valence-electron chi connectivity index (χ2n) is 8.64. The van der Waals surface area contributed by atoms with Crippen LogP contribution in [0.15, 0.2) is 58.0 Å². The van der Waals surface area contributed by atoms with Crippen molar-refractivity contribution in [2.24, 2.45) is 0 Å². The average Bonchev–Trinajstić information content (AvgIpc) is 3.14. The number of anilines is 1. The summed E-state index contributed by atoms with van der Waals surface area (Å²) in [7, 11) is 0. The number of fused-ring (bicyclic) bond motifs is 1. The third-order valence-corrected chi connectivity index (χ3v) is 7.99. The number of thioether (sulfide) groups is 1.